The summed E-state index contributed by atoms with van der Waals surface area (Å²) in [7, 11) is 0. The van der Waals surface area contributed by atoms with Gasteiger partial charge in [-0.3, -0.25) is 14.2 Å². The zero-order valence-electron chi connectivity index (χ0n) is 19.9. The zero-order valence-corrected chi connectivity index (χ0v) is 19.9. The molecule has 7 heteroatoms. The van der Waals surface area contributed by atoms with E-state index in [4.69, 9.17) is 9.97 Å². The third kappa shape index (κ3) is 4.84. The van der Waals surface area contributed by atoms with E-state index in [1.807, 2.05) is 67.0 Å². The van der Waals surface area contributed by atoms with Crippen molar-refractivity contribution in [2.24, 2.45) is 5.92 Å². The number of pyridine rings is 1. The standard InChI is InChI=1S/C28H28N6O/c1-19(2)16-31-26-27-32-18-25(34(27)24-8-4-3-7-23(24)33-26)21-9-11-22(12-10-21)28(35)30-15-13-20-6-5-14-29-17-20/h3-12,14,17-19H,13,15-16H2,1-2H3,(H,30,35)(H,31,33). The molecule has 5 rings (SSSR count). The van der Waals surface area contributed by atoms with Crippen molar-refractivity contribution in [1.82, 2.24) is 24.7 Å². The summed E-state index contributed by atoms with van der Waals surface area (Å²) in [5.41, 5.74) is 6.33. The molecule has 35 heavy (non-hydrogen) atoms. The Hall–Kier alpha value is -4.26. The Morgan fingerprint density at radius 3 is 2.60 bits per heavy atom. The van der Waals surface area contributed by atoms with Crippen LogP contribution in [0.15, 0.2) is 79.3 Å². The van der Waals surface area contributed by atoms with E-state index >= 15 is 0 Å². The second kappa shape index (κ2) is 9.93. The van der Waals surface area contributed by atoms with Crippen LogP contribution in [0.3, 0.4) is 0 Å². The summed E-state index contributed by atoms with van der Waals surface area (Å²) in [4.78, 5) is 26.3. The summed E-state index contributed by atoms with van der Waals surface area (Å²) < 4.78 is 2.13. The number of fused-ring (bicyclic) bond motifs is 3. The highest BCUT2D eigenvalue weighted by atomic mass is 16.1. The van der Waals surface area contributed by atoms with Gasteiger partial charge in [0.25, 0.3) is 5.91 Å². The Balaban J connectivity index is 1.40. The predicted molar refractivity (Wildman–Crippen MR) is 140 cm³/mol. The summed E-state index contributed by atoms with van der Waals surface area (Å²) >= 11 is 0. The molecular formula is C28H28N6O. The highest BCUT2D eigenvalue weighted by Gasteiger charge is 2.15. The molecule has 0 aliphatic heterocycles. The molecular weight excluding hydrogens is 436 g/mol. The molecule has 176 valence electrons. The Kier molecular flexibility index (Phi) is 6.39. The number of anilines is 1. The average Bonchev–Trinajstić information content (AvgIpc) is 3.34. The smallest absolute Gasteiger partial charge is 0.251 e. The largest absolute Gasteiger partial charge is 0.367 e. The molecule has 0 bridgehead atoms. The van der Waals surface area contributed by atoms with E-state index in [0.717, 1.165) is 52.3 Å². The minimum atomic E-state index is -0.0894. The lowest BCUT2D eigenvalue weighted by atomic mass is 10.1. The van der Waals surface area contributed by atoms with Gasteiger partial charge in [-0.2, -0.15) is 0 Å². The van der Waals surface area contributed by atoms with Crippen molar-refractivity contribution in [3.63, 3.8) is 0 Å². The first-order valence-corrected chi connectivity index (χ1v) is 11.9. The zero-order chi connectivity index (χ0) is 24.2. The van der Waals surface area contributed by atoms with Crippen molar-refractivity contribution in [2.45, 2.75) is 20.3 Å². The fourth-order valence-corrected chi connectivity index (χ4v) is 4.06. The van der Waals surface area contributed by atoms with Gasteiger partial charge in [0.2, 0.25) is 0 Å². The number of rotatable bonds is 8. The summed E-state index contributed by atoms with van der Waals surface area (Å²) in [5.74, 6) is 1.17. The van der Waals surface area contributed by atoms with Gasteiger partial charge in [0, 0.05) is 36.6 Å². The summed E-state index contributed by atoms with van der Waals surface area (Å²) in [5, 5.41) is 6.43. The van der Waals surface area contributed by atoms with Crippen molar-refractivity contribution in [3.05, 3.63) is 90.4 Å². The van der Waals surface area contributed by atoms with E-state index in [1.54, 1.807) is 6.20 Å². The number of benzene rings is 2. The summed E-state index contributed by atoms with van der Waals surface area (Å²) in [6, 6.07) is 19.6. The number of hydrogen-bond acceptors (Lipinski definition) is 5. The maximum Gasteiger partial charge on any atom is 0.251 e. The molecule has 0 aliphatic carbocycles. The fourth-order valence-electron chi connectivity index (χ4n) is 4.06. The molecule has 0 radical (unpaired) electrons. The summed E-state index contributed by atoms with van der Waals surface area (Å²) in [6.45, 7) is 5.70. The van der Waals surface area contributed by atoms with Crippen LogP contribution in [-0.4, -0.2) is 38.3 Å². The third-order valence-electron chi connectivity index (χ3n) is 5.87. The van der Waals surface area contributed by atoms with Crippen LogP contribution in [0.5, 0.6) is 0 Å². The van der Waals surface area contributed by atoms with Crippen LogP contribution >= 0.6 is 0 Å². The predicted octanol–water partition coefficient (Wildman–Crippen LogP) is 4.98. The SMILES string of the molecule is CC(C)CNc1nc2ccccc2n2c(-c3ccc(C(=O)NCCc4cccnc4)cc3)cnc12. The number of amides is 1. The van der Waals surface area contributed by atoms with E-state index < -0.39 is 0 Å². The lowest BCUT2D eigenvalue weighted by molar-refractivity contribution is 0.0954. The monoisotopic (exact) mass is 464 g/mol. The Labute approximate surface area is 204 Å². The second-order valence-electron chi connectivity index (χ2n) is 8.97. The first kappa shape index (κ1) is 22.5. The van der Waals surface area contributed by atoms with Crippen LogP contribution < -0.4 is 10.6 Å². The molecule has 2 aromatic carbocycles. The van der Waals surface area contributed by atoms with E-state index in [0.29, 0.717) is 18.0 Å². The Morgan fingerprint density at radius 2 is 1.83 bits per heavy atom. The van der Waals surface area contributed by atoms with Gasteiger partial charge in [0.05, 0.1) is 22.9 Å². The molecule has 0 unspecified atom stereocenters. The molecule has 0 saturated heterocycles. The lowest BCUT2D eigenvalue weighted by Crippen LogP contribution is -2.25. The lowest BCUT2D eigenvalue weighted by Gasteiger charge is -2.13. The highest BCUT2D eigenvalue weighted by Crippen LogP contribution is 2.28. The number of para-hydroxylation sites is 2. The summed E-state index contributed by atoms with van der Waals surface area (Å²) in [6.07, 6.45) is 6.18. The van der Waals surface area contributed by atoms with Crippen molar-refractivity contribution in [2.75, 3.05) is 18.4 Å². The molecule has 2 N–H and O–H groups in total. The molecule has 0 atom stereocenters. The molecule has 0 saturated carbocycles. The minimum Gasteiger partial charge on any atom is -0.367 e. The minimum absolute atomic E-state index is 0.0894. The van der Waals surface area contributed by atoms with E-state index in [2.05, 4.69) is 39.9 Å². The first-order chi connectivity index (χ1) is 17.1. The van der Waals surface area contributed by atoms with Gasteiger partial charge in [-0.25, -0.2) is 9.97 Å². The molecule has 3 aromatic heterocycles. The van der Waals surface area contributed by atoms with Gasteiger partial charge in [0.15, 0.2) is 11.5 Å². The molecule has 0 spiro atoms. The maximum absolute atomic E-state index is 12.6. The number of imidazole rings is 1. The van der Waals surface area contributed by atoms with Gasteiger partial charge >= 0.3 is 0 Å². The van der Waals surface area contributed by atoms with Crippen LogP contribution in [0.25, 0.3) is 27.9 Å². The molecule has 3 heterocycles. The highest BCUT2D eigenvalue weighted by molar-refractivity contribution is 5.95. The fraction of sp³-hybridized carbons (Fsp3) is 0.214. The van der Waals surface area contributed by atoms with E-state index in [9.17, 15) is 4.79 Å². The number of carbonyl (C=O) groups is 1. The topological polar surface area (TPSA) is 84.2 Å². The number of nitrogens with zero attached hydrogens (tertiary/aromatic N) is 4. The molecule has 5 aromatic rings. The van der Waals surface area contributed by atoms with Crippen molar-refractivity contribution < 1.29 is 4.79 Å². The van der Waals surface area contributed by atoms with Gasteiger partial charge in [-0.05, 0) is 48.2 Å². The molecule has 7 nitrogen and oxygen atoms in total. The maximum atomic E-state index is 12.6. The van der Waals surface area contributed by atoms with E-state index in [1.165, 1.54) is 0 Å². The van der Waals surface area contributed by atoms with Gasteiger partial charge in [-0.15, -0.1) is 0 Å². The van der Waals surface area contributed by atoms with Crippen molar-refractivity contribution in [3.8, 4) is 11.3 Å². The Morgan fingerprint density at radius 1 is 1.00 bits per heavy atom. The van der Waals surface area contributed by atoms with Crippen LogP contribution in [0.4, 0.5) is 5.82 Å². The van der Waals surface area contributed by atoms with Gasteiger partial charge in [-0.1, -0.05) is 44.2 Å². The third-order valence-corrected chi connectivity index (χ3v) is 5.87. The molecule has 0 aliphatic rings. The van der Waals surface area contributed by atoms with Gasteiger partial charge < -0.3 is 10.6 Å². The van der Waals surface area contributed by atoms with Crippen LogP contribution in [0.1, 0.15) is 29.8 Å². The first-order valence-electron chi connectivity index (χ1n) is 11.9. The van der Waals surface area contributed by atoms with Crippen LogP contribution in [-0.2, 0) is 6.42 Å². The number of carbonyl (C=O) groups excluding carboxylic acids is 1. The number of aromatic nitrogens is 4. The quantitative estimate of drug-likeness (QED) is 0.338. The van der Waals surface area contributed by atoms with Crippen molar-refractivity contribution in [1.29, 1.82) is 0 Å². The number of nitrogens with one attached hydrogen (secondary N) is 2. The van der Waals surface area contributed by atoms with Crippen molar-refractivity contribution >= 4 is 28.4 Å². The number of hydrogen-bond donors (Lipinski definition) is 2. The second-order valence-corrected chi connectivity index (χ2v) is 8.97. The van der Waals surface area contributed by atoms with Crippen LogP contribution in [0.2, 0.25) is 0 Å². The molecule has 0 fully saturated rings. The molecule has 1 amide bonds. The Bertz CT molecular complexity index is 1460. The average molecular weight is 465 g/mol. The van der Waals surface area contributed by atoms with Crippen LogP contribution in [0, 0.1) is 5.92 Å². The van der Waals surface area contributed by atoms with E-state index in [-0.39, 0.29) is 5.91 Å². The normalized spacial score (nSPS) is 11.3. The van der Waals surface area contributed by atoms with Gasteiger partial charge in [0.1, 0.15) is 0 Å².